The average Bonchev–Trinajstić information content (AvgIpc) is 2.98. The standard InChI is InChI=1S/2C10H9.Fe/c2*1-2-5-9-7-4-8-10(9)6-3-1;/h2*1-5,8,10H,6H2;/q2*-1;+2. The van der Waals surface area contributed by atoms with E-state index in [2.05, 4.69) is 72.9 Å². The fraction of sp³-hybridized carbons (Fsp3) is 0.200. The van der Waals surface area contributed by atoms with E-state index in [1.165, 1.54) is 11.1 Å². The molecule has 0 heterocycles. The minimum Gasteiger partial charge on any atom is -0.181 e. The second-order valence-corrected chi connectivity index (χ2v) is 5.18. The summed E-state index contributed by atoms with van der Waals surface area (Å²) in [7, 11) is 0. The van der Waals surface area contributed by atoms with Gasteiger partial charge < -0.3 is 0 Å². The fourth-order valence-corrected chi connectivity index (χ4v) is 2.62. The molecule has 1 heteroatoms. The van der Waals surface area contributed by atoms with Gasteiger partial charge in [-0.15, -0.1) is 12.2 Å². The van der Waals surface area contributed by atoms with Gasteiger partial charge in [0.2, 0.25) is 0 Å². The molecule has 0 saturated heterocycles. The van der Waals surface area contributed by atoms with Crippen LogP contribution >= 0.6 is 0 Å². The van der Waals surface area contributed by atoms with Gasteiger partial charge in [0.1, 0.15) is 0 Å². The molecule has 0 nitrogen and oxygen atoms in total. The topological polar surface area (TPSA) is 0 Å². The van der Waals surface area contributed by atoms with Gasteiger partial charge in [-0.25, -0.2) is 0 Å². The Labute approximate surface area is 138 Å². The van der Waals surface area contributed by atoms with Crippen molar-refractivity contribution in [2.45, 2.75) is 12.8 Å². The Hall–Kier alpha value is -1.56. The summed E-state index contributed by atoms with van der Waals surface area (Å²) in [6.45, 7) is 0. The molecule has 2 unspecified atom stereocenters. The Balaban J connectivity index is 0.000000147. The van der Waals surface area contributed by atoms with Gasteiger partial charge in [0.25, 0.3) is 0 Å². The number of hydrogen-bond acceptors (Lipinski definition) is 0. The molecule has 0 bridgehead atoms. The number of allylic oxidation sites excluding steroid dienone is 16. The van der Waals surface area contributed by atoms with Crippen LogP contribution in [0.1, 0.15) is 12.8 Å². The van der Waals surface area contributed by atoms with Crippen molar-refractivity contribution in [3.63, 3.8) is 0 Å². The smallest absolute Gasteiger partial charge is 0.181 e. The van der Waals surface area contributed by atoms with Crippen LogP contribution in [0, 0.1) is 24.0 Å². The number of fused-ring (bicyclic) bond motifs is 2. The molecular formula is C20H18Fe. The molecule has 0 aromatic heterocycles. The third kappa shape index (κ3) is 4.20. The van der Waals surface area contributed by atoms with E-state index in [0.29, 0.717) is 11.8 Å². The molecular weight excluding hydrogens is 296 g/mol. The number of rotatable bonds is 0. The van der Waals surface area contributed by atoms with Crippen LogP contribution in [-0.4, -0.2) is 0 Å². The van der Waals surface area contributed by atoms with Crippen LogP contribution in [-0.2, 0) is 17.1 Å². The predicted octanol–water partition coefficient (Wildman–Crippen LogP) is 4.83. The van der Waals surface area contributed by atoms with Crippen molar-refractivity contribution >= 4 is 0 Å². The van der Waals surface area contributed by atoms with Crippen LogP contribution < -0.4 is 0 Å². The third-order valence-electron chi connectivity index (χ3n) is 3.78. The zero-order valence-corrected chi connectivity index (χ0v) is 13.0. The molecule has 0 amide bonds. The summed E-state index contributed by atoms with van der Waals surface area (Å²) in [5, 5.41) is 0. The molecule has 0 radical (unpaired) electrons. The van der Waals surface area contributed by atoms with Crippen LogP contribution in [0.3, 0.4) is 0 Å². The van der Waals surface area contributed by atoms with Crippen molar-refractivity contribution in [2.75, 3.05) is 0 Å². The van der Waals surface area contributed by atoms with Gasteiger partial charge >= 0.3 is 17.1 Å². The molecule has 0 aromatic carbocycles. The number of hydrogen-bond donors (Lipinski definition) is 0. The van der Waals surface area contributed by atoms with E-state index < -0.39 is 0 Å². The van der Waals surface area contributed by atoms with E-state index in [0.717, 1.165) is 12.8 Å². The first kappa shape index (κ1) is 15.8. The summed E-state index contributed by atoms with van der Waals surface area (Å²) >= 11 is 0. The maximum Gasteiger partial charge on any atom is 2.00 e. The minimum absolute atomic E-state index is 0. The Kier molecular flexibility index (Phi) is 6.04. The van der Waals surface area contributed by atoms with Gasteiger partial charge in [-0.3, -0.25) is 0 Å². The molecule has 0 saturated carbocycles. The second kappa shape index (κ2) is 8.02. The van der Waals surface area contributed by atoms with Crippen LogP contribution in [0.4, 0.5) is 0 Å². The maximum absolute atomic E-state index is 3.21. The van der Waals surface area contributed by atoms with E-state index in [-0.39, 0.29) is 17.1 Å². The normalized spacial score (nSPS) is 26.7. The van der Waals surface area contributed by atoms with Crippen LogP contribution in [0.15, 0.2) is 84.1 Å². The first-order valence-corrected chi connectivity index (χ1v) is 7.20. The van der Waals surface area contributed by atoms with E-state index in [1.54, 1.807) is 0 Å². The molecule has 106 valence electrons. The van der Waals surface area contributed by atoms with Gasteiger partial charge in [-0.05, 0) is 12.8 Å². The fourth-order valence-electron chi connectivity index (χ4n) is 2.62. The Morgan fingerprint density at radius 1 is 0.714 bits per heavy atom. The Morgan fingerprint density at radius 3 is 1.67 bits per heavy atom. The second-order valence-electron chi connectivity index (χ2n) is 5.18. The molecule has 4 aliphatic carbocycles. The van der Waals surface area contributed by atoms with Crippen LogP contribution in [0.2, 0.25) is 0 Å². The molecule has 4 rings (SSSR count). The summed E-state index contributed by atoms with van der Waals surface area (Å²) < 4.78 is 0. The van der Waals surface area contributed by atoms with Crippen LogP contribution in [0.25, 0.3) is 0 Å². The Bertz CT molecular complexity index is 533. The van der Waals surface area contributed by atoms with Gasteiger partial charge in [-0.2, -0.15) is 59.8 Å². The molecule has 2 atom stereocenters. The molecule has 0 aliphatic heterocycles. The molecule has 0 N–H and O–H groups in total. The van der Waals surface area contributed by atoms with Gasteiger partial charge in [-0.1, -0.05) is 36.1 Å². The van der Waals surface area contributed by atoms with Gasteiger partial charge in [0.15, 0.2) is 0 Å². The van der Waals surface area contributed by atoms with E-state index in [9.17, 15) is 0 Å². The summed E-state index contributed by atoms with van der Waals surface area (Å²) in [6.07, 6.45) is 34.1. The summed E-state index contributed by atoms with van der Waals surface area (Å²) in [5.74, 6) is 1.21. The molecule has 4 aliphatic rings. The first-order chi connectivity index (χ1) is 9.93. The maximum atomic E-state index is 3.21. The van der Waals surface area contributed by atoms with Crippen LogP contribution in [0.5, 0.6) is 0 Å². The largest absolute Gasteiger partial charge is 2.00 e. The SMILES string of the molecule is [C-]1=C2C=CC=CCC2C=C1.[C-]1=C2C=CC=CCC2C=C1.[Fe+2]. The van der Waals surface area contributed by atoms with Gasteiger partial charge in [0.05, 0.1) is 0 Å². The minimum atomic E-state index is 0. The van der Waals surface area contributed by atoms with E-state index >= 15 is 0 Å². The summed E-state index contributed by atoms with van der Waals surface area (Å²) in [5.41, 5.74) is 2.65. The summed E-state index contributed by atoms with van der Waals surface area (Å²) in [4.78, 5) is 0. The monoisotopic (exact) mass is 314 g/mol. The third-order valence-corrected chi connectivity index (χ3v) is 3.78. The van der Waals surface area contributed by atoms with Crippen molar-refractivity contribution in [3.05, 3.63) is 96.2 Å². The van der Waals surface area contributed by atoms with Crippen molar-refractivity contribution < 1.29 is 17.1 Å². The van der Waals surface area contributed by atoms with E-state index in [1.807, 2.05) is 12.2 Å². The molecule has 0 fully saturated rings. The summed E-state index contributed by atoms with van der Waals surface area (Å²) in [6, 6.07) is 0. The van der Waals surface area contributed by atoms with Crippen molar-refractivity contribution in [3.8, 4) is 0 Å². The molecule has 0 aromatic rings. The zero-order chi connectivity index (χ0) is 13.6. The first-order valence-electron chi connectivity index (χ1n) is 7.20. The predicted molar refractivity (Wildman–Crippen MR) is 84.6 cm³/mol. The molecule has 0 spiro atoms. The van der Waals surface area contributed by atoms with Crippen molar-refractivity contribution in [1.82, 2.24) is 0 Å². The van der Waals surface area contributed by atoms with Crippen molar-refractivity contribution in [1.29, 1.82) is 0 Å². The average molecular weight is 314 g/mol. The zero-order valence-electron chi connectivity index (χ0n) is 11.9. The van der Waals surface area contributed by atoms with Crippen molar-refractivity contribution in [2.24, 2.45) is 11.8 Å². The molecule has 21 heavy (non-hydrogen) atoms. The quantitative estimate of drug-likeness (QED) is 0.443. The van der Waals surface area contributed by atoms with E-state index in [4.69, 9.17) is 0 Å². The Morgan fingerprint density at radius 2 is 1.19 bits per heavy atom. The van der Waals surface area contributed by atoms with Gasteiger partial charge in [0, 0.05) is 0 Å².